The Morgan fingerprint density at radius 2 is 1.15 bits per heavy atom. The summed E-state index contributed by atoms with van der Waals surface area (Å²) < 4.78 is 0. The highest BCUT2D eigenvalue weighted by atomic mass is 14.3. The molecule has 2 aromatic rings. The van der Waals surface area contributed by atoms with Crippen molar-refractivity contribution in [2.45, 2.75) is 54.9 Å². The topological polar surface area (TPSA) is 0 Å². The zero-order chi connectivity index (χ0) is 14.8. The summed E-state index contributed by atoms with van der Waals surface area (Å²) >= 11 is 0. The molecule has 20 heavy (non-hydrogen) atoms. The van der Waals surface area contributed by atoms with Crippen LogP contribution >= 0.6 is 0 Å². The van der Waals surface area contributed by atoms with E-state index >= 15 is 0 Å². The van der Waals surface area contributed by atoms with Crippen LogP contribution in [0.4, 0.5) is 0 Å². The monoisotopic (exact) mass is 264 g/mol. The van der Waals surface area contributed by atoms with Crippen LogP contribution in [-0.2, 0) is 6.42 Å². The molecule has 0 aliphatic heterocycles. The van der Waals surface area contributed by atoms with Gasteiger partial charge in [-0.1, -0.05) is 6.07 Å². The van der Waals surface area contributed by atoms with E-state index in [-0.39, 0.29) is 0 Å². The Balaban J connectivity index is 2.45. The van der Waals surface area contributed by atoms with Crippen molar-refractivity contribution in [3.8, 4) is 11.1 Å². The SMILES string of the molecule is Cc1cc2c(c(C)c1C)-c1c(C)c(C)c(C)c(C)c1C2. The third-order valence-corrected chi connectivity index (χ3v) is 5.68. The van der Waals surface area contributed by atoms with Crippen LogP contribution in [0.3, 0.4) is 0 Å². The van der Waals surface area contributed by atoms with E-state index < -0.39 is 0 Å². The summed E-state index contributed by atoms with van der Waals surface area (Å²) in [6, 6.07) is 2.40. The minimum atomic E-state index is 1.11. The van der Waals surface area contributed by atoms with Gasteiger partial charge >= 0.3 is 0 Å². The molecule has 0 aromatic heterocycles. The van der Waals surface area contributed by atoms with Crippen LogP contribution in [0.5, 0.6) is 0 Å². The van der Waals surface area contributed by atoms with E-state index in [1.807, 2.05) is 0 Å². The predicted molar refractivity (Wildman–Crippen MR) is 87.8 cm³/mol. The maximum atomic E-state index is 2.40. The van der Waals surface area contributed by atoms with Crippen molar-refractivity contribution in [1.29, 1.82) is 0 Å². The normalized spacial score (nSPS) is 12.6. The van der Waals surface area contributed by atoms with Crippen molar-refractivity contribution in [3.05, 3.63) is 56.1 Å². The van der Waals surface area contributed by atoms with Crippen molar-refractivity contribution in [1.82, 2.24) is 0 Å². The molecule has 0 nitrogen and oxygen atoms in total. The lowest BCUT2D eigenvalue weighted by Crippen LogP contribution is -1.98. The fraction of sp³-hybridized carbons (Fsp3) is 0.400. The second kappa shape index (κ2) is 4.22. The van der Waals surface area contributed by atoms with Crippen molar-refractivity contribution < 1.29 is 0 Å². The second-order valence-electron chi connectivity index (χ2n) is 6.51. The quantitative estimate of drug-likeness (QED) is 0.509. The van der Waals surface area contributed by atoms with E-state index in [2.05, 4.69) is 54.5 Å². The Kier molecular flexibility index (Phi) is 2.83. The van der Waals surface area contributed by atoms with Crippen LogP contribution in [0.15, 0.2) is 6.07 Å². The fourth-order valence-corrected chi connectivity index (χ4v) is 3.79. The van der Waals surface area contributed by atoms with E-state index in [1.165, 1.54) is 55.6 Å². The zero-order valence-corrected chi connectivity index (χ0v) is 13.8. The first-order chi connectivity index (χ1) is 9.34. The van der Waals surface area contributed by atoms with E-state index in [4.69, 9.17) is 0 Å². The van der Waals surface area contributed by atoms with Crippen molar-refractivity contribution >= 4 is 0 Å². The zero-order valence-electron chi connectivity index (χ0n) is 13.8. The van der Waals surface area contributed by atoms with Crippen LogP contribution in [-0.4, -0.2) is 0 Å². The molecule has 0 fully saturated rings. The Morgan fingerprint density at radius 3 is 1.80 bits per heavy atom. The first kappa shape index (κ1) is 13.4. The molecular weight excluding hydrogens is 240 g/mol. The lowest BCUT2D eigenvalue weighted by molar-refractivity contribution is 1.14. The van der Waals surface area contributed by atoms with Crippen LogP contribution in [0, 0.1) is 48.5 Å². The van der Waals surface area contributed by atoms with E-state index in [1.54, 1.807) is 5.56 Å². The maximum Gasteiger partial charge on any atom is -0.00104 e. The number of rotatable bonds is 0. The lowest BCUT2D eigenvalue weighted by Gasteiger charge is -2.18. The highest BCUT2D eigenvalue weighted by Crippen LogP contribution is 2.45. The van der Waals surface area contributed by atoms with Gasteiger partial charge in [-0.25, -0.2) is 0 Å². The Labute approximate surface area is 122 Å². The number of aryl methyl sites for hydroxylation is 1. The van der Waals surface area contributed by atoms with Crippen LogP contribution in [0.25, 0.3) is 11.1 Å². The van der Waals surface area contributed by atoms with Crippen LogP contribution in [0.1, 0.15) is 50.1 Å². The molecule has 0 saturated carbocycles. The summed E-state index contributed by atoms with van der Waals surface area (Å²) in [7, 11) is 0. The fourth-order valence-electron chi connectivity index (χ4n) is 3.79. The molecule has 0 unspecified atom stereocenters. The van der Waals surface area contributed by atoms with Gasteiger partial charge in [0.15, 0.2) is 0 Å². The molecule has 1 aliphatic carbocycles. The molecule has 104 valence electrons. The average Bonchev–Trinajstić information content (AvgIpc) is 2.79. The van der Waals surface area contributed by atoms with Gasteiger partial charge in [0.05, 0.1) is 0 Å². The molecule has 0 N–H and O–H groups in total. The van der Waals surface area contributed by atoms with Gasteiger partial charge in [-0.15, -0.1) is 0 Å². The third-order valence-electron chi connectivity index (χ3n) is 5.68. The van der Waals surface area contributed by atoms with Crippen LogP contribution < -0.4 is 0 Å². The first-order valence-electron chi connectivity index (χ1n) is 7.53. The summed E-state index contributed by atoms with van der Waals surface area (Å²) in [4.78, 5) is 0. The average molecular weight is 264 g/mol. The van der Waals surface area contributed by atoms with Crippen molar-refractivity contribution in [3.63, 3.8) is 0 Å². The molecule has 0 bridgehead atoms. The lowest BCUT2D eigenvalue weighted by atomic mass is 9.87. The molecule has 2 aromatic carbocycles. The molecule has 0 saturated heterocycles. The molecule has 1 aliphatic rings. The molecule has 0 amide bonds. The minimum absolute atomic E-state index is 1.11. The second-order valence-corrected chi connectivity index (χ2v) is 6.51. The number of fused-ring (bicyclic) bond motifs is 3. The Hall–Kier alpha value is -1.56. The highest BCUT2D eigenvalue weighted by Gasteiger charge is 2.27. The molecule has 0 spiro atoms. The smallest absolute Gasteiger partial charge is 0.00104 e. The first-order valence-corrected chi connectivity index (χ1v) is 7.53. The highest BCUT2D eigenvalue weighted by molar-refractivity contribution is 5.85. The standard InChI is InChI=1S/C20H24/c1-10-8-17-9-18-14(5)12(3)13(4)16(7)20(18)19(17)15(6)11(10)2/h8H,9H2,1-7H3. The largest absolute Gasteiger partial charge is 0.0549 e. The molecule has 0 heteroatoms. The summed E-state index contributed by atoms with van der Waals surface area (Å²) in [5.74, 6) is 0. The Bertz CT molecular complexity index is 746. The van der Waals surface area contributed by atoms with Gasteiger partial charge in [-0.05, 0) is 116 Å². The summed E-state index contributed by atoms with van der Waals surface area (Å²) in [6.07, 6.45) is 1.11. The van der Waals surface area contributed by atoms with Gasteiger partial charge < -0.3 is 0 Å². The van der Waals surface area contributed by atoms with Gasteiger partial charge in [0.1, 0.15) is 0 Å². The molecule has 0 radical (unpaired) electrons. The molecule has 3 rings (SSSR count). The van der Waals surface area contributed by atoms with Gasteiger partial charge in [0.2, 0.25) is 0 Å². The van der Waals surface area contributed by atoms with Crippen LogP contribution in [0.2, 0.25) is 0 Å². The van der Waals surface area contributed by atoms with Gasteiger partial charge in [0, 0.05) is 0 Å². The van der Waals surface area contributed by atoms with E-state index in [9.17, 15) is 0 Å². The number of hydrogen-bond acceptors (Lipinski definition) is 0. The third kappa shape index (κ3) is 1.54. The van der Waals surface area contributed by atoms with Gasteiger partial charge in [-0.2, -0.15) is 0 Å². The predicted octanol–water partition coefficient (Wildman–Crippen LogP) is 5.42. The van der Waals surface area contributed by atoms with Gasteiger partial charge in [-0.3, -0.25) is 0 Å². The maximum absolute atomic E-state index is 2.40. The van der Waals surface area contributed by atoms with Crippen molar-refractivity contribution in [2.75, 3.05) is 0 Å². The molecule has 0 heterocycles. The van der Waals surface area contributed by atoms with Gasteiger partial charge in [0.25, 0.3) is 0 Å². The van der Waals surface area contributed by atoms with Crippen molar-refractivity contribution in [2.24, 2.45) is 0 Å². The van der Waals surface area contributed by atoms with E-state index in [0.29, 0.717) is 0 Å². The van der Waals surface area contributed by atoms with E-state index in [0.717, 1.165) is 6.42 Å². The Morgan fingerprint density at radius 1 is 0.600 bits per heavy atom. The minimum Gasteiger partial charge on any atom is -0.0549 e. The number of hydrogen-bond donors (Lipinski definition) is 0. The summed E-state index contributed by atoms with van der Waals surface area (Å²) in [6.45, 7) is 15.9. The molecular formula is C20H24. The summed E-state index contributed by atoms with van der Waals surface area (Å²) in [5.41, 5.74) is 16.4. The molecule has 0 atom stereocenters. The number of benzene rings is 2. The summed E-state index contributed by atoms with van der Waals surface area (Å²) in [5, 5.41) is 0.